The predicted octanol–water partition coefficient (Wildman–Crippen LogP) is 12.1. The van der Waals surface area contributed by atoms with Crippen molar-refractivity contribution in [2.24, 2.45) is 46.3 Å². The maximum absolute atomic E-state index is 13.4. The van der Waals surface area contributed by atoms with Gasteiger partial charge >= 0.3 is 0 Å². The first-order valence-corrected chi connectivity index (χ1v) is 19.9. The number of carbonyl (C=O) groups is 1. The maximum Gasteiger partial charge on any atom is 0.224 e. The van der Waals surface area contributed by atoms with Crippen LogP contribution in [0.25, 0.3) is 32.7 Å². The molecule has 13 rings (SSSR count). The van der Waals surface area contributed by atoms with Crippen molar-refractivity contribution in [1.82, 2.24) is 4.98 Å². The average molecular weight is 879 g/mol. The normalized spacial score (nSPS) is 31.9. The number of carbonyl (C=O) groups excluding carboxylic acids is 1. The van der Waals surface area contributed by atoms with Crippen LogP contribution in [0.2, 0.25) is 0 Å². The minimum absolute atomic E-state index is 0. The van der Waals surface area contributed by atoms with E-state index in [0.717, 1.165) is 95.9 Å². The summed E-state index contributed by atoms with van der Waals surface area (Å²) >= 11 is 0. The summed E-state index contributed by atoms with van der Waals surface area (Å²) < 4.78 is 6.14. The molecule has 8 aliphatic rings. The van der Waals surface area contributed by atoms with Gasteiger partial charge in [-0.15, -0.1) is 17.7 Å². The van der Waals surface area contributed by atoms with Crippen LogP contribution in [-0.4, -0.2) is 15.9 Å². The van der Waals surface area contributed by atoms with Crippen LogP contribution in [0, 0.1) is 52.4 Å². The van der Waals surface area contributed by atoms with Crippen molar-refractivity contribution in [1.29, 1.82) is 0 Å². The molecule has 273 valence electrons. The number of aliphatic hydroxyl groups excluding tert-OH is 1. The second-order valence-electron chi connectivity index (χ2n) is 17.7. The van der Waals surface area contributed by atoms with Crippen LogP contribution >= 0.6 is 0 Å². The fraction of sp³-hybridized carbons (Fsp3) is 0.417. The number of allylic oxidation sites excluding steroid dienone is 2. The standard InChI is InChI=1S/C25H16NO.C23H32O2.Ir/c1-2-7-18(8-3-1)20-10-6-11-21(17-20)27-25-24-14-13-19-9-4-5-12-22(19)23(24)15-16-26-25;24-20(22-8-14-1-15(9-22)3-16(2-14)10-22)7-21(25)23-11-17-4-18(12-23)6-19(5-17)13-23;/h1-10,12-17H;7,14-19,24H,1-6,8-13H2;/q-1;;/b;20-7-;. The first-order chi connectivity index (χ1) is 25.4. The van der Waals surface area contributed by atoms with Gasteiger partial charge in [0.25, 0.3) is 0 Å². The third-order valence-corrected chi connectivity index (χ3v) is 14.1. The number of fused-ring (bicyclic) bond motifs is 3. The number of pyridine rings is 1. The third kappa shape index (κ3) is 6.46. The molecule has 53 heavy (non-hydrogen) atoms. The number of hydrogen-bond acceptors (Lipinski definition) is 4. The molecule has 0 atom stereocenters. The summed E-state index contributed by atoms with van der Waals surface area (Å²) in [7, 11) is 0. The van der Waals surface area contributed by atoms with E-state index in [0.29, 0.717) is 23.2 Å². The zero-order chi connectivity index (χ0) is 34.9. The van der Waals surface area contributed by atoms with E-state index < -0.39 is 0 Å². The van der Waals surface area contributed by atoms with Gasteiger partial charge in [0.2, 0.25) is 5.88 Å². The monoisotopic (exact) mass is 879 g/mol. The fourth-order valence-corrected chi connectivity index (χ4v) is 12.7. The summed E-state index contributed by atoms with van der Waals surface area (Å²) in [5, 5.41) is 15.7. The number of benzene rings is 4. The van der Waals surface area contributed by atoms with E-state index in [2.05, 4.69) is 59.6 Å². The number of rotatable bonds is 6. The van der Waals surface area contributed by atoms with Crippen LogP contribution in [0.4, 0.5) is 0 Å². The number of hydrogen-bond donors (Lipinski definition) is 1. The Morgan fingerprint density at radius 2 is 1.25 bits per heavy atom. The van der Waals surface area contributed by atoms with E-state index in [4.69, 9.17) is 4.74 Å². The van der Waals surface area contributed by atoms with Crippen LogP contribution < -0.4 is 4.74 Å². The number of aromatic nitrogens is 1. The van der Waals surface area contributed by atoms with Crippen molar-refractivity contribution in [2.75, 3.05) is 0 Å². The van der Waals surface area contributed by atoms with Crippen LogP contribution in [0.3, 0.4) is 0 Å². The molecule has 1 radical (unpaired) electrons. The van der Waals surface area contributed by atoms with E-state index in [1.165, 1.54) is 49.3 Å². The Labute approximate surface area is 326 Å². The molecule has 1 aromatic heterocycles. The average Bonchev–Trinajstić information content (AvgIpc) is 3.14. The first-order valence-electron chi connectivity index (χ1n) is 19.9. The second-order valence-corrected chi connectivity index (χ2v) is 17.7. The van der Waals surface area contributed by atoms with Crippen molar-refractivity contribution < 1.29 is 34.7 Å². The van der Waals surface area contributed by atoms with Crippen molar-refractivity contribution >= 4 is 27.3 Å². The van der Waals surface area contributed by atoms with Crippen LogP contribution in [0.1, 0.15) is 77.0 Å². The van der Waals surface area contributed by atoms with E-state index >= 15 is 0 Å². The molecule has 8 aliphatic carbocycles. The van der Waals surface area contributed by atoms with Crippen LogP contribution in [0.15, 0.2) is 109 Å². The Bertz CT molecular complexity index is 2120. The van der Waals surface area contributed by atoms with E-state index in [1.54, 1.807) is 12.3 Å². The number of aliphatic hydroxyl groups is 1. The molecule has 0 spiro atoms. The van der Waals surface area contributed by atoms with Gasteiger partial charge in [0, 0.05) is 54.3 Å². The second kappa shape index (κ2) is 13.8. The summed E-state index contributed by atoms with van der Waals surface area (Å²) in [5.74, 6) is 6.89. The summed E-state index contributed by atoms with van der Waals surface area (Å²) in [5.41, 5.74) is 2.13. The Morgan fingerprint density at radius 3 is 1.89 bits per heavy atom. The van der Waals surface area contributed by atoms with Gasteiger partial charge < -0.3 is 9.84 Å². The van der Waals surface area contributed by atoms with Crippen molar-refractivity contribution in [3.63, 3.8) is 0 Å². The predicted molar refractivity (Wildman–Crippen MR) is 207 cm³/mol. The number of ketones is 1. The quantitative estimate of drug-likeness (QED) is 0.0799. The Hall–Kier alpha value is -3.79. The van der Waals surface area contributed by atoms with Crippen molar-refractivity contribution in [2.45, 2.75) is 77.0 Å². The Kier molecular flexibility index (Phi) is 9.10. The maximum atomic E-state index is 13.4. The van der Waals surface area contributed by atoms with Crippen LogP contribution in [-0.2, 0) is 24.9 Å². The van der Waals surface area contributed by atoms with Gasteiger partial charge in [-0.05, 0) is 146 Å². The van der Waals surface area contributed by atoms with Crippen molar-refractivity contribution in [3.05, 3.63) is 115 Å². The van der Waals surface area contributed by atoms with Gasteiger partial charge in [0.05, 0.1) is 0 Å². The van der Waals surface area contributed by atoms with Gasteiger partial charge in [-0.3, -0.25) is 4.79 Å². The summed E-state index contributed by atoms with van der Waals surface area (Å²) in [6, 6.07) is 33.9. The zero-order valence-electron chi connectivity index (χ0n) is 30.3. The van der Waals surface area contributed by atoms with E-state index in [9.17, 15) is 9.90 Å². The molecule has 1 heterocycles. The molecule has 5 heteroatoms. The van der Waals surface area contributed by atoms with Crippen LogP contribution in [0.5, 0.6) is 11.6 Å². The summed E-state index contributed by atoms with van der Waals surface area (Å²) in [6.07, 6.45) is 18.6. The van der Waals surface area contributed by atoms with Gasteiger partial charge in [-0.1, -0.05) is 60.7 Å². The smallest absolute Gasteiger partial charge is 0.224 e. The zero-order valence-corrected chi connectivity index (χ0v) is 32.7. The topological polar surface area (TPSA) is 59.4 Å². The number of nitrogens with zero attached hydrogens (tertiary/aromatic N) is 1. The third-order valence-electron chi connectivity index (χ3n) is 14.1. The molecule has 5 aromatic rings. The minimum atomic E-state index is -0.0922. The summed E-state index contributed by atoms with van der Waals surface area (Å²) in [4.78, 5) is 17.8. The summed E-state index contributed by atoms with van der Waals surface area (Å²) in [6.45, 7) is 0. The van der Waals surface area contributed by atoms with E-state index in [1.807, 2.05) is 42.5 Å². The molecule has 0 amide bonds. The molecule has 4 nitrogen and oxygen atoms in total. The van der Waals surface area contributed by atoms with Crippen molar-refractivity contribution in [3.8, 4) is 22.8 Å². The van der Waals surface area contributed by atoms with Gasteiger partial charge in [-0.25, -0.2) is 4.98 Å². The Morgan fingerprint density at radius 1 is 0.660 bits per heavy atom. The molecule has 1 N–H and O–H groups in total. The van der Waals surface area contributed by atoms with E-state index in [-0.39, 0.29) is 30.9 Å². The molecular weight excluding hydrogens is 831 g/mol. The SMILES string of the molecule is O=C(/C=C(\O)C12CC3CC(CC(C3)C1)C2)C12CC3CC(CC(C3)C1)C2.[Ir].[c-]1ccc(-c2ccccc2)cc1Oc1nccc2c1ccc1ccccc12. The largest absolute Gasteiger partial charge is 0.512 e. The van der Waals surface area contributed by atoms with Gasteiger partial charge in [0.15, 0.2) is 5.78 Å². The molecule has 8 saturated carbocycles. The number of ether oxygens (including phenoxy) is 1. The molecule has 0 saturated heterocycles. The fourth-order valence-electron chi connectivity index (χ4n) is 12.7. The van der Waals surface area contributed by atoms with Gasteiger partial charge in [-0.2, -0.15) is 12.1 Å². The van der Waals surface area contributed by atoms with Gasteiger partial charge in [0.1, 0.15) is 5.76 Å². The molecular formula is C48H48IrNO3-. The molecule has 8 bridgehead atoms. The molecule has 0 unspecified atom stereocenters. The molecule has 0 aliphatic heterocycles. The Balaban J connectivity index is 0.000000138. The molecule has 8 fully saturated rings. The first kappa shape index (κ1) is 34.9. The minimum Gasteiger partial charge on any atom is -0.512 e. The molecule has 4 aromatic carbocycles.